The Hall–Kier alpha value is 0.440. The summed E-state index contributed by atoms with van der Waals surface area (Å²) in [7, 11) is 0. The van der Waals surface area contributed by atoms with E-state index in [9.17, 15) is 0 Å². The third-order valence-corrected chi connectivity index (χ3v) is 3.69. The van der Waals surface area contributed by atoms with E-state index < -0.39 is 0 Å². The maximum Gasteiger partial charge on any atom is 0.0518 e. The van der Waals surface area contributed by atoms with Crippen molar-refractivity contribution in [2.24, 2.45) is 5.41 Å². The normalized spacial score (nSPS) is 16.2. The van der Waals surface area contributed by atoms with Gasteiger partial charge in [0, 0.05) is 11.9 Å². The summed E-state index contributed by atoms with van der Waals surface area (Å²) < 4.78 is 5.56. The minimum Gasteiger partial charge on any atom is -0.379 e. The molecule has 0 radical (unpaired) electrons. The number of halogens is 1. The zero-order valence-electron chi connectivity index (χ0n) is 9.40. The Morgan fingerprint density at radius 1 is 1.31 bits per heavy atom. The van der Waals surface area contributed by atoms with Gasteiger partial charge in [-0.1, -0.05) is 36.2 Å². The van der Waals surface area contributed by atoms with Crippen LogP contribution in [-0.4, -0.2) is 18.0 Å². The maximum absolute atomic E-state index is 5.56. The highest BCUT2D eigenvalue weighted by molar-refractivity contribution is 9.09. The summed E-state index contributed by atoms with van der Waals surface area (Å²) in [6.07, 6.45) is 4.05. The minimum absolute atomic E-state index is 0.362. The number of rotatable bonds is 7. The van der Waals surface area contributed by atoms with Gasteiger partial charge in [0.2, 0.25) is 0 Å². The van der Waals surface area contributed by atoms with Gasteiger partial charge in [-0.3, -0.25) is 0 Å². The van der Waals surface area contributed by atoms with Crippen molar-refractivity contribution >= 4 is 15.9 Å². The lowest BCUT2D eigenvalue weighted by atomic mass is 9.85. The second kappa shape index (κ2) is 6.83. The summed E-state index contributed by atoms with van der Waals surface area (Å²) in [6, 6.07) is 0. The summed E-state index contributed by atoms with van der Waals surface area (Å²) in [6.45, 7) is 9.63. The lowest BCUT2D eigenvalue weighted by Gasteiger charge is -2.27. The Balaban J connectivity index is 3.69. The molecule has 0 heterocycles. The van der Waals surface area contributed by atoms with Crippen molar-refractivity contribution in [3.05, 3.63) is 0 Å². The molecule has 1 unspecified atom stereocenters. The van der Waals surface area contributed by atoms with E-state index in [4.69, 9.17) is 4.74 Å². The molecule has 2 heteroatoms. The highest BCUT2D eigenvalue weighted by Crippen LogP contribution is 2.29. The molecule has 0 aliphatic rings. The van der Waals surface area contributed by atoms with Gasteiger partial charge >= 0.3 is 0 Å². The number of hydrogen-bond donors (Lipinski definition) is 0. The van der Waals surface area contributed by atoms with Gasteiger partial charge in [0.25, 0.3) is 0 Å². The molecule has 0 aliphatic carbocycles. The Labute approximate surface area is 91.4 Å². The van der Waals surface area contributed by atoms with Crippen LogP contribution in [0.25, 0.3) is 0 Å². The Bertz CT molecular complexity index is 125. The monoisotopic (exact) mass is 250 g/mol. The molecule has 0 aliphatic heterocycles. The van der Waals surface area contributed by atoms with Gasteiger partial charge in [-0.05, 0) is 32.1 Å². The van der Waals surface area contributed by atoms with E-state index in [0.29, 0.717) is 11.5 Å². The summed E-state index contributed by atoms with van der Waals surface area (Å²) in [5.74, 6) is 0. The fourth-order valence-corrected chi connectivity index (χ4v) is 1.96. The second-order valence-electron chi connectivity index (χ2n) is 4.36. The van der Waals surface area contributed by atoms with Crippen molar-refractivity contribution < 1.29 is 4.74 Å². The summed E-state index contributed by atoms with van der Waals surface area (Å²) in [5, 5.41) is 1.08. The Morgan fingerprint density at radius 3 is 2.31 bits per heavy atom. The van der Waals surface area contributed by atoms with Crippen LogP contribution < -0.4 is 0 Å². The molecule has 0 N–H and O–H groups in total. The third-order valence-electron chi connectivity index (χ3n) is 2.33. The molecule has 0 amide bonds. The highest BCUT2D eigenvalue weighted by atomic mass is 79.9. The Kier molecular flexibility index (Phi) is 7.06. The molecular formula is C11H23BrO. The molecule has 1 nitrogen and oxygen atoms in total. The average molecular weight is 251 g/mol. The van der Waals surface area contributed by atoms with Gasteiger partial charge in [0.1, 0.15) is 0 Å². The SMILES string of the molecule is CCCC(C)(CBr)CCOC(C)C. The van der Waals surface area contributed by atoms with Crippen molar-refractivity contribution in [2.75, 3.05) is 11.9 Å². The van der Waals surface area contributed by atoms with Crippen molar-refractivity contribution in [1.29, 1.82) is 0 Å². The molecule has 0 bridgehead atoms. The van der Waals surface area contributed by atoms with Crippen LogP contribution in [0.5, 0.6) is 0 Å². The van der Waals surface area contributed by atoms with Crippen LogP contribution in [0.4, 0.5) is 0 Å². The first-order valence-corrected chi connectivity index (χ1v) is 6.34. The van der Waals surface area contributed by atoms with Crippen LogP contribution in [0.15, 0.2) is 0 Å². The molecule has 0 rings (SSSR count). The molecule has 0 saturated heterocycles. The third kappa shape index (κ3) is 6.50. The largest absolute Gasteiger partial charge is 0.379 e. The van der Waals surface area contributed by atoms with Crippen LogP contribution >= 0.6 is 15.9 Å². The van der Waals surface area contributed by atoms with Crippen LogP contribution in [0, 0.1) is 5.41 Å². The second-order valence-corrected chi connectivity index (χ2v) is 4.92. The van der Waals surface area contributed by atoms with Crippen LogP contribution in [0.3, 0.4) is 0 Å². The van der Waals surface area contributed by atoms with Crippen molar-refractivity contribution in [3.63, 3.8) is 0 Å². The minimum atomic E-state index is 0.362. The van der Waals surface area contributed by atoms with E-state index in [1.54, 1.807) is 0 Å². The highest BCUT2D eigenvalue weighted by Gasteiger charge is 2.21. The number of hydrogen-bond acceptors (Lipinski definition) is 1. The van der Waals surface area contributed by atoms with Gasteiger partial charge < -0.3 is 4.74 Å². The van der Waals surface area contributed by atoms with Gasteiger partial charge in [-0.15, -0.1) is 0 Å². The molecule has 13 heavy (non-hydrogen) atoms. The van der Waals surface area contributed by atoms with Crippen molar-refractivity contribution in [3.8, 4) is 0 Å². The first kappa shape index (κ1) is 13.4. The summed E-state index contributed by atoms with van der Waals surface area (Å²) in [4.78, 5) is 0. The Morgan fingerprint density at radius 2 is 1.92 bits per heavy atom. The molecule has 0 aromatic carbocycles. The van der Waals surface area contributed by atoms with Crippen molar-refractivity contribution in [2.45, 2.75) is 53.1 Å². The maximum atomic E-state index is 5.56. The quantitative estimate of drug-likeness (QED) is 0.621. The molecule has 1 atom stereocenters. The van der Waals surface area contributed by atoms with Crippen molar-refractivity contribution in [1.82, 2.24) is 0 Å². The van der Waals surface area contributed by atoms with E-state index >= 15 is 0 Å². The van der Waals surface area contributed by atoms with E-state index in [0.717, 1.165) is 18.4 Å². The molecular weight excluding hydrogens is 228 g/mol. The predicted octanol–water partition coefficient (Wildman–Crippen LogP) is 4.00. The van der Waals surface area contributed by atoms with E-state index in [-0.39, 0.29) is 0 Å². The van der Waals surface area contributed by atoms with Crippen LogP contribution in [0.2, 0.25) is 0 Å². The molecule has 0 saturated carbocycles. The predicted molar refractivity (Wildman–Crippen MR) is 62.5 cm³/mol. The zero-order valence-corrected chi connectivity index (χ0v) is 11.0. The number of alkyl halides is 1. The van der Waals surface area contributed by atoms with E-state index in [2.05, 4.69) is 43.6 Å². The fourth-order valence-electron chi connectivity index (χ4n) is 1.40. The van der Waals surface area contributed by atoms with Gasteiger partial charge in [-0.25, -0.2) is 0 Å². The first-order valence-electron chi connectivity index (χ1n) is 5.21. The number of ether oxygens (including phenoxy) is 1. The van der Waals surface area contributed by atoms with Crippen LogP contribution in [-0.2, 0) is 4.74 Å². The molecule has 0 fully saturated rings. The lowest BCUT2D eigenvalue weighted by molar-refractivity contribution is 0.0568. The molecule has 0 aromatic heterocycles. The molecule has 0 aromatic rings. The van der Waals surface area contributed by atoms with Gasteiger partial charge in [0.15, 0.2) is 0 Å². The average Bonchev–Trinajstić information content (AvgIpc) is 2.04. The smallest absolute Gasteiger partial charge is 0.0518 e. The van der Waals surface area contributed by atoms with Gasteiger partial charge in [0.05, 0.1) is 6.10 Å². The summed E-state index contributed by atoms with van der Waals surface area (Å²) >= 11 is 3.58. The topological polar surface area (TPSA) is 9.23 Å². The standard InChI is InChI=1S/C11H23BrO/c1-5-6-11(4,9-12)7-8-13-10(2)3/h10H,5-9H2,1-4H3. The molecule has 0 spiro atoms. The van der Waals surface area contributed by atoms with E-state index in [1.165, 1.54) is 12.8 Å². The lowest BCUT2D eigenvalue weighted by Crippen LogP contribution is -2.21. The van der Waals surface area contributed by atoms with Crippen LogP contribution in [0.1, 0.15) is 47.0 Å². The molecule has 80 valence electrons. The van der Waals surface area contributed by atoms with E-state index in [1.807, 2.05) is 0 Å². The zero-order chi connectivity index (χ0) is 10.3. The first-order chi connectivity index (χ1) is 6.04. The van der Waals surface area contributed by atoms with Gasteiger partial charge in [-0.2, -0.15) is 0 Å². The summed E-state index contributed by atoms with van der Waals surface area (Å²) in [5.41, 5.74) is 0.420. The fraction of sp³-hybridized carbons (Fsp3) is 1.00.